The molecule has 0 saturated carbocycles. The van der Waals surface area contributed by atoms with Crippen LogP contribution in [0.4, 0.5) is 0 Å². The predicted octanol–water partition coefficient (Wildman–Crippen LogP) is 2.31. The van der Waals surface area contributed by atoms with Gasteiger partial charge in [-0.25, -0.2) is 8.42 Å². The van der Waals surface area contributed by atoms with Crippen LogP contribution in [0.15, 0.2) is 58.3 Å². The Hall–Kier alpha value is -1.79. The second-order valence-corrected chi connectivity index (χ2v) is 7.18. The molecule has 1 N–H and O–H groups in total. The molecule has 6 heteroatoms. The van der Waals surface area contributed by atoms with Crippen molar-refractivity contribution in [3.63, 3.8) is 0 Å². The number of benzene rings is 2. The zero-order valence-electron chi connectivity index (χ0n) is 11.4. The van der Waals surface area contributed by atoms with Crippen molar-refractivity contribution in [3.05, 3.63) is 59.7 Å². The van der Waals surface area contributed by atoms with Crippen LogP contribution in [0.1, 0.15) is 15.9 Å². The van der Waals surface area contributed by atoms with E-state index in [1.54, 1.807) is 36.4 Å². The molecule has 0 atom stereocenters. The third-order valence-electron chi connectivity index (χ3n) is 2.93. The maximum absolute atomic E-state index is 11.9. The third-order valence-corrected chi connectivity index (χ3v) is 4.36. The van der Waals surface area contributed by atoms with Gasteiger partial charge in [0.05, 0.1) is 4.90 Å². The lowest BCUT2D eigenvalue weighted by molar-refractivity contribution is 0.0951. The highest BCUT2D eigenvalue weighted by Crippen LogP contribution is 2.11. The molecule has 0 aliphatic carbocycles. The molecule has 0 spiro atoms. The maximum atomic E-state index is 11.9. The lowest BCUT2D eigenvalue weighted by atomic mass is 10.2. The predicted molar refractivity (Wildman–Crippen MR) is 84.4 cm³/mol. The Morgan fingerprint density at radius 3 is 2.14 bits per heavy atom. The van der Waals surface area contributed by atoms with E-state index in [9.17, 15) is 13.2 Å². The lowest BCUT2D eigenvalue weighted by Crippen LogP contribution is -2.22. The Kier molecular flexibility index (Phi) is 4.69. The van der Waals surface area contributed by atoms with E-state index in [-0.39, 0.29) is 10.8 Å². The third kappa shape index (κ3) is 4.34. The molecule has 2 rings (SSSR count). The summed E-state index contributed by atoms with van der Waals surface area (Å²) < 4.78 is 22.7. The number of carbonyl (C=O) groups is 1. The molecule has 0 saturated heterocycles. The first-order chi connectivity index (χ1) is 9.86. The molecule has 0 fully saturated rings. The zero-order chi connectivity index (χ0) is 15.5. The summed E-state index contributed by atoms with van der Waals surface area (Å²) in [7, 11) is -3.19. The van der Waals surface area contributed by atoms with E-state index in [0.29, 0.717) is 12.1 Å². The topological polar surface area (TPSA) is 63.2 Å². The van der Waals surface area contributed by atoms with Crippen molar-refractivity contribution >= 4 is 28.4 Å². The van der Waals surface area contributed by atoms with E-state index in [1.165, 1.54) is 12.1 Å². The monoisotopic (exact) mass is 321 g/mol. The van der Waals surface area contributed by atoms with E-state index < -0.39 is 9.84 Å². The molecule has 2 aromatic carbocycles. The molecule has 0 radical (unpaired) electrons. The summed E-state index contributed by atoms with van der Waals surface area (Å²) in [4.78, 5) is 13.0. The number of sulfone groups is 1. The van der Waals surface area contributed by atoms with Gasteiger partial charge in [0.2, 0.25) is 0 Å². The van der Waals surface area contributed by atoms with Gasteiger partial charge in [-0.1, -0.05) is 12.1 Å². The van der Waals surface area contributed by atoms with Gasteiger partial charge < -0.3 is 5.32 Å². The number of hydrogen-bond acceptors (Lipinski definition) is 4. The summed E-state index contributed by atoms with van der Waals surface area (Å²) in [5, 5.41) is 2.78. The van der Waals surface area contributed by atoms with Crippen molar-refractivity contribution in [3.8, 4) is 0 Å². The molecule has 21 heavy (non-hydrogen) atoms. The van der Waals surface area contributed by atoms with E-state index in [2.05, 4.69) is 17.9 Å². The Bertz CT molecular complexity index is 735. The minimum Gasteiger partial charge on any atom is -0.348 e. The molecule has 0 heterocycles. The van der Waals surface area contributed by atoms with Crippen LogP contribution in [0.2, 0.25) is 0 Å². The molecule has 0 bridgehead atoms. The van der Waals surface area contributed by atoms with Crippen LogP contribution in [-0.4, -0.2) is 20.6 Å². The fourth-order valence-corrected chi connectivity index (χ4v) is 2.53. The standard InChI is InChI=1S/C15H15NO3S2/c1-21(18,19)14-8-2-11(3-9-14)10-16-15(17)12-4-6-13(20)7-5-12/h2-9,20H,10H2,1H3,(H,16,17). The minimum atomic E-state index is -3.19. The van der Waals surface area contributed by atoms with Crippen LogP contribution in [-0.2, 0) is 16.4 Å². The molecule has 4 nitrogen and oxygen atoms in total. The van der Waals surface area contributed by atoms with Crippen LogP contribution in [0.3, 0.4) is 0 Å². The van der Waals surface area contributed by atoms with Crippen LogP contribution in [0, 0.1) is 0 Å². The summed E-state index contributed by atoms with van der Waals surface area (Å²) >= 11 is 4.16. The summed E-state index contributed by atoms with van der Waals surface area (Å²) in [6.07, 6.45) is 1.16. The average Bonchev–Trinajstić information content (AvgIpc) is 2.45. The van der Waals surface area contributed by atoms with Gasteiger partial charge in [0.1, 0.15) is 0 Å². The maximum Gasteiger partial charge on any atom is 0.251 e. The van der Waals surface area contributed by atoms with Gasteiger partial charge >= 0.3 is 0 Å². The van der Waals surface area contributed by atoms with Crippen molar-refractivity contribution in [1.29, 1.82) is 0 Å². The number of rotatable bonds is 4. The molecular formula is C15H15NO3S2. The number of nitrogens with one attached hydrogen (secondary N) is 1. The van der Waals surface area contributed by atoms with Gasteiger partial charge in [-0.05, 0) is 42.0 Å². The van der Waals surface area contributed by atoms with Crippen LogP contribution < -0.4 is 5.32 Å². The van der Waals surface area contributed by atoms with Crippen molar-refractivity contribution in [2.45, 2.75) is 16.3 Å². The number of hydrogen-bond donors (Lipinski definition) is 2. The molecule has 110 valence electrons. The summed E-state index contributed by atoms with van der Waals surface area (Å²) in [5.41, 5.74) is 1.39. The molecule has 0 aliphatic rings. The number of thiol groups is 1. The van der Waals surface area contributed by atoms with Gasteiger partial charge in [0.25, 0.3) is 5.91 Å². The minimum absolute atomic E-state index is 0.185. The normalized spacial score (nSPS) is 11.1. The first-order valence-electron chi connectivity index (χ1n) is 6.22. The van der Waals surface area contributed by atoms with Crippen molar-refractivity contribution in [2.75, 3.05) is 6.26 Å². The molecule has 0 aromatic heterocycles. The first-order valence-corrected chi connectivity index (χ1v) is 8.56. The van der Waals surface area contributed by atoms with Gasteiger partial charge in [0, 0.05) is 23.3 Å². The van der Waals surface area contributed by atoms with E-state index in [0.717, 1.165) is 16.7 Å². The number of carbonyl (C=O) groups excluding carboxylic acids is 1. The summed E-state index contributed by atoms with van der Waals surface area (Å²) in [6, 6.07) is 13.3. The molecule has 0 aliphatic heterocycles. The van der Waals surface area contributed by atoms with Crippen molar-refractivity contribution in [1.82, 2.24) is 5.32 Å². The fraction of sp³-hybridized carbons (Fsp3) is 0.133. The highest BCUT2D eigenvalue weighted by atomic mass is 32.2. The van der Waals surface area contributed by atoms with E-state index in [4.69, 9.17) is 0 Å². The Morgan fingerprint density at radius 2 is 1.62 bits per heavy atom. The van der Waals surface area contributed by atoms with Crippen LogP contribution >= 0.6 is 12.6 Å². The molecular weight excluding hydrogens is 306 g/mol. The highest BCUT2D eigenvalue weighted by molar-refractivity contribution is 7.90. The largest absolute Gasteiger partial charge is 0.348 e. The second-order valence-electron chi connectivity index (χ2n) is 4.65. The molecule has 0 unspecified atom stereocenters. The quantitative estimate of drug-likeness (QED) is 0.850. The summed E-state index contributed by atoms with van der Waals surface area (Å²) in [6.45, 7) is 0.339. The van der Waals surface area contributed by atoms with Crippen LogP contribution in [0.5, 0.6) is 0 Å². The first kappa shape index (κ1) is 15.6. The van der Waals surface area contributed by atoms with E-state index in [1.807, 2.05) is 0 Å². The van der Waals surface area contributed by atoms with E-state index >= 15 is 0 Å². The Balaban J connectivity index is 2.00. The van der Waals surface area contributed by atoms with Gasteiger partial charge in [-0.15, -0.1) is 12.6 Å². The van der Waals surface area contributed by atoms with Crippen LogP contribution in [0.25, 0.3) is 0 Å². The molecule has 1 amide bonds. The average molecular weight is 321 g/mol. The second kappa shape index (κ2) is 6.32. The number of amides is 1. The van der Waals surface area contributed by atoms with Gasteiger partial charge in [-0.3, -0.25) is 4.79 Å². The zero-order valence-corrected chi connectivity index (χ0v) is 13.1. The van der Waals surface area contributed by atoms with Gasteiger partial charge in [0.15, 0.2) is 9.84 Å². The lowest BCUT2D eigenvalue weighted by Gasteiger charge is -2.06. The van der Waals surface area contributed by atoms with Gasteiger partial charge in [-0.2, -0.15) is 0 Å². The Morgan fingerprint density at radius 1 is 1.05 bits per heavy atom. The van der Waals surface area contributed by atoms with Crippen molar-refractivity contribution < 1.29 is 13.2 Å². The smallest absolute Gasteiger partial charge is 0.251 e. The Labute approximate surface area is 129 Å². The fourth-order valence-electron chi connectivity index (χ4n) is 1.75. The SMILES string of the molecule is CS(=O)(=O)c1ccc(CNC(=O)c2ccc(S)cc2)cc1. The summed E-state index contributed by atoms with van der Waals surface area (Å²) in [5.74, 6) is -0.185. The van der Waals surface area contributed by atoms with Crippen molar-refractivity contribution in [2.24, 2.45) is 0 Å². The molecule has 2 aromatic rings. The highest BCUT2D eigenvalue weighted by Gasteiger charge is 2.07.